The van der Waals surface area contributed by atoms with E-state index in [0.29, 0.717) is 17.5 Å². The summed E-state index contributed by atoms with van der Waals surface area (Å²) in [6.07, 6.45) is 6.66. The van der Waals surface area contributed by atoms with Gasteiger partial charge in [-0.3, -0.25) is 14.3 Å². The Labute approximate surface area is 153 Å². The highest BCUT2D eigenvalue weighted by Gasteiger charge is 2.22. The quantitative estimate of drug-likeness (QED) is 0.598. The van der Waals surface area contributed by atoms with Crippen LogP contribution in [-0.4, -0.2) is 37.6 Å². The lowest BCUT2D eigenvalue weighted by Gasteiger charge is -2.03. The van der Waals surface area contributed by atoms with Gasteiger partial charge in [-0.25, -0.2) is 9.97 Å². The van der Waals surface area contributed by atoms with Gasteiger partial charge in [-0.15, -0.1) is 0 Å². The van der Waals surface area contributed by atoms with Crippen molar-refractivity contribution in [2.45, 2.75) is 18.9 Å². The van der Waals surface area contributed by atoms with Crippen molar-refractivity contribution in [3.05, 3.63) is 42.2 Å². The van der Waals surface area contributed by atoms with Crippen LogP contribution in [0.1, 0.15) is 33.8 Å². The van der Waals surface area contributed by atoms with Crippen LogP contribution in [0.5, 0.6) is 0 Å². The standard InChI is InChI=1S/C17H17N7O3/c1-24-7-11(14(23-24)15(18)25)21-16(26)12-8-27-17(22-12)9-4-5-19-13(6-9)20-10-2-3-10/h4-8,10H,2-3H2,1H3,(H2,18,25)(H,19,20)(H,21,26). The maximum atomic E-state index is 12.4. The molecule has 1 aliphatic rings. The van der Waals surface area contributed by atoms with Crippen LogP contribution in [0.3, 0.4) is 0 Å². The Morgan fingerprint density at radius 2 is 2.19 bits per heavy atom. The van der Waals surface area contributed by atoms with Gasteiger partial charge < -0.3 is 20.8 Å². The predicted molar refractivity (Wildman–Crippen MR) is 96.1 cm³/mol. The summed E-state index contributed by atoms with van der Waals surface area (Å²) in [7, 11) is 1.62. The summed E-state index contributed by atoms with van der Waals surface area (Å²) < 4.78 is 6.81. The van der Waals surface area contributed by atoms with Crippen molar-refractivity contribution < 1.29 is 14.0 Å². The second kappa shape index (κ2) is 6.56. The molecule has 1 fully saturated rings. The average Bonchev–Trinajstić information content (AvgIpc) is 3.17. The number of nitrogens with zero attached hydrogens (tertiary/aromatic N) is 4. The molecule has 0 unspecified atom stereocenters. The number of carbonyl (C=O) groups excluding carboxylic acids is 2. The normalized spacial score (nSPS) is 13.4. The number of primary amides is 1. The van der Waals surface area contributed by atoms with E-state index in [0.717, 1.165) is 18.7 Å². The van der Waals surface area contributed by atoms with Gasteiger partial charge in [0.1, 0.15) is 12.1 Å². The largest absolute Gasteiger partial charge is 0.444 e. The van der Waals surface area contributed by atoms with E-state index in [1.54, 1.807) is 19.3 Å². The van der Waals surface area contributed by atoms with E-state index >= 15 is 0 Å². The summed E-state index contributed by atoms with van der Waals surface area (Å²) in [5.74, 6) is -0.242. The summed E-state index contributed by atoms with van der Waals surface area (Å²) in [6.45, 7) is 0. The highest BCUT2D eigenvalue weighted by molar-refractivity contribution is 6.07. The minimum atomic E-state index is -0.737. The molecule has 3 aromatic rings. The minimum Gasteiger partial charge on any atom is -0.444 e. The van der Waals surface area contributed by atoms with Crippen molar-refractivity contribution in [2.75, 3.05) is 10.6 Å². The number of pyridine rings is 1. The zero-order valence-corrected chi connectivity index (χ0v) is 14.5. The number of amides is 2. The third kappa shape index (κ3) is 3.64. The van der Waals surface area contributed by atoms with E-state index < -0.39 is 11.8 Å². The molecule has 0 spiro atoms. The second-order valence-corrected chi connectivity index (χ2v) is 6.27. The first-order valence-corrected chi connectivity index (χ1v) is 8.33. The Balaban J connectivity index is 1.52. The Morgan fingerprint density at radius 1 is 1.37 bits per heavy atom. The van der Waals surface area contributed by atoms with Crippen LogP contribution < -0.4 is 16.4 Å². The highest BCUT2D eigenvalue weighted by atomic mass is 16.3. The number of aromatic nitrogens is 4. The summed E-state index contributed by atoms with van der Waals surface area (Å²) in [5, 5.41) is 9.78. The zero-order chi connectivity index (χ0) is 19.0. The first kappa shape index (κ1) is 16.8. The smallest absolute Gasteiger partial charge is 0.277 e. The lowest BCUT2D eigenvalue weighted by molar-refractivity contribution is 0.0995. The zero-order valence-electron chi connectivity index (χ0n) is 14.5. The molecule has 0 radical (unpaired) electrons. The summed E-state index contributed by atoms with van der Waals surface area (Å²) in [4.78, 5) is 32.3. The van der Waals surface area contributed by atoms with Crippen LogP contribution in [-0.2, 0) is 7.05 Å². The van der Waals surface area contributed by atoms with Gasteiger partial charge in [0.15, 0.2) is 11.4 Å². The highest BCUT2D eigenvalue weighted by Crippen LogP contribution is 2.26. The molecule has 3 aromatic heterocycles. The Hall–Kier alpha value is -3.69. The number of aryl methyl sites for hydroxylation is 1. The van der Waals surface area contributed by atoms with Crippen molar-refractivity contribution in [1.82, 2.24) is 19.7 Å². The van der Waals surface area contributed by atoms with Crippen LogP contribution >= 0.6 is 0 Å². The molecule has 4 rings (SSSR count). The maximum Gasteiger partial charge on any atom is 0.277 e. The van der Waals surface area contributed by atoms with Gasteiger partial charge in [0, 0.05) is 31.0 Å². The van der Waals surface area contributed by atoms with Crippen LogP contribution in [0.25, 0.3) is 11.5 Å². The summed E-state index contributed by atoms with van der Waals surface area (Å²) in [5.41, 5.74) is 6.21. The lowest BCUT2D eigenvalue weighted by atomic mass is 10.2. The van der Waals surface area contributed by atoms with E-state index in [1.165, 1.54) is 17.1 Å². The molecule has 0 aliphatic heterocycles. The van der Waals surface area contributed by atoms with Crippen LogP contribution in [0.4, 0.5) is 11.5 Å². The minimum absolute atomic E-state index is 0.0282. The number of oxazole rings is 1. The molecule has 0 bridgehead atoms. The van der Waals surface area contributed by atoms with E-state index in [9.17, 15) is 9.59 Å². The van der Waals surface area contributed by atoms with Gasteiger partial charge in [0.05, 0.1) is 5.69 Å². The molecule has 3 heterocycles. The van der Waals surface area contributed by atoms with Crippen molar-refractivity contribution in [3.8, 4) is 11.5 Å². The molecule has 10 nitrogen and oxygen atoms in total. The van der Waals surface area contributed by atoms with Crippen molar-refractivity contribution in [1.29, 1.82) is 0 Å². The van der Waals surface area contributed by atoms with E-state index in [4.69, 9.17) is 10.2 Å². The van der Waals surface area contributed by atoms with Gasteiger partial charge in [0.2, 0.25) is 5.89 Å². The van der Waals surface area contributed by atoms with Crippen molar-refractivity contribution in [2.24, 2.45) is 12.8 Å². The monoisotopic (exact) mass is 367 g/mol. The van der Waals surface area contributed by atoms with Gasteiger partial charge in [-0.2, -0.15) is 5.10 Å². The van der Waals surface area contributed by atoms with E-state index in [1.807, 2.05) is 6.07 Å². The number of hydrogen-bond acceptors (Lipinski definition) is 7. The van der Waals surface area contributed by atoms with Crippen LogP contribution in [0.15, 0.2) is 35.2 Å². The number of nitrogens with two attached hydrogens (primary N) is 1. The molecule has 0 saturated heterocycles. The summed E-state index contributed by atoms with van der Waals surface area (Å²) >= 11 is 0. The average molecular weight is 367 g/mol. The predicted octanol–water partition coefficient (Wildman–Crippen LogP) is 1.40. The van der Waals surface area contributed by atoms with E-state index in [2.05, 4.69) is 25.7 Å². The second-order valence-electron chi connectivity index (χ2n) is 6.27. The first-order chi connectivity index (χ1) is 13.0. The molecular formula is C17H17N7O3. The fourth-order valence-corrected chi connectivity index (χ4v) is 2.54. The fraction of sp³-hybridized carbons (Fsp3) is 0.235. The molecule has 10 heteroatoms. The van der Waals surface area contributed by atoms with Gasteiger partial charge >= 0.3 is 0 Å². The third-order valence-electron chi connectivity index (χ3n) is 3.98. The molecule has 0 atom stereocenters. The molecule has 1 saturated carbocycles. The molecular weight excluding hydrogens is 350 g/mol. The van der Waals surface area contributed by atoms with Crippen LogP contribution in [0, 0.1) is 0 Å². The molecule has 1 aliphatic carbocycles. The molecule has 4 N–H and O–H groups in total. The number of rotatable bonds is 6. The van der Waals surface area contributed by atoms with Crippen molar-refractivity contribution >= 4 is 23.3 Å². The first-order valence-electron chi connectivity index (χ1n) is 8.33. The number of anilines is 2. The number of carbonyl (C=O) groups is 2. The Morgan fingerprint density at radius 3 is 2.93 bits per heavy atom. The number of nitrogens with one attached hydrogen (secondary N) is 2. The van der Waals surface area contributed by atoms with Gasteiger partial charge in [-0.1, -0.05) is 0 Å². The van der Waals surface area contributed by atoms with Gasteiger partial charge in [0.25, 0.3) is 11.8 Å². The summed E-state index contributed by atoms with van der Waals surface area (Å²) in [6, 6.07) is 4.04. The third-order valence-corrected chi connectivity index (χ3v) is 3.98. The number of hydrogen-bond donors (Lipinski definition) is 3. The Kier molecular flexibility index (Phi) is 4.07. The Bertz CT molecular complexity index is 1020. The topological polar surface area (TPSA) is 141 Å². The lowest BCUT2D eigenvalue weighted by Crippen LogP contribution is -2.18. The SMILES string of the molecule is Cn1cc(NC(=O)c2coc(-c3ccnc(NC4CC4)c3)n2)c(C(N)=O)n1. The fourth-order valence-electron chi connectivity index (χ4n) is 2.54. The maximum absolute atomic E-state index is 12.4. The van der Waals surface area contributed by atoms with Crippen molar-refractivity contribution in [3.63, 3.8) is 0 Å². The van der Waals surface area contributed by atoms with Gasteiger partial charge in [-0.05, 0) is 25.0 Å². The molecule has 2 amide bonds. The van der Waals surface area contributed by atoms with E-state index in [-0.39, 0.29) is 17.1 Å². The molecule has 138 valence electrons. The molecule has 27 heavy (non-hydrogen) atoms. The van der Waals surface area contributed by atoms with Crippen LogP contribution in [0.2, 0.25) is 0 Å². The molecule has 0 aromatic carbocycles.